The molecule has 0 amide bonds. The Morgan fingerprint density at radius 2 is 1.89 bits per heavy atom. The Bertz CT molecular complexity index is 261. The molecule has 0 bridgehead atoms. The molecule has 112 valence electrons. The second kappa shape index (κ2) is 7.05. The summed E-state index contributed by atoms with van der Waals surface area (Å²) in [6.45, 7) is 10.3. The summed E-state index contributed by atoms with van der Waals surface area (Å²) in [5, 5.41) is 3.71. The molecule has 0 aromatic heterocycles. The molecule has 19 heavy (non-hydrogen) atoms. The standard InChI is InChI=1S/C16H32N2O/c1-4-16(2,12-17-15-5-6-15)13-18(3)11-14-7-9-19-10-8-14/h14-15,17H,4-13H2,1-3H3. The predicted octanol–water partition coefficient (Wildman–Crippen LogP) is 2.51. The van der Waals surface area contributed by atoms with Crippen LogP contribution in [0.15, 0.2) is 0 Å². The molecule has 1 N–H and O–H groups in total. The molecule has 1 heterocycles. The van der Waals surface area contributed by atoms with Crippen LogP contribution in [0.3, 0.4) is 0 Å². The van der Waals surface area contributed by atoms with E-state index in [-0.39, 0.29) is 0 Å². The maximum Gasteiger partial charge on any atom is 0.0469 e. The number of rotatable bonds is 8. The second-order valence-corrected chi connectivity index (χ2v) is 7.07. The first-order valence-electron chi connectivity index (χ1n) is 8.11. The zero-order valence-electron chi connectivity index (χ0n) is 13.1. The lowest BCUT2D eigenvalue weighted by atomic mass is 9.86. The van der Waals surface area contributed by atoms with Crippen LogP contribution in [0.25, 0.3) is 0 Å². The van der Waals surface area contributed by atoms with Gasteiger partial charge in [-0.25, -0.2) is 0 Å². The number of hydrogen-bond acceptors (Lipinski definition) is 3. The first-order valence-corrected chi connectivity index (χ1v) is 8.11. The smallest absolute Gasteiger partial charge is 0.0469 e. The molecule has 1 saturated carbocycles. The van der Waals surface area contributed by atoms with Crippen LogP contribution in [0.4, 0.5) is 0 Å². The van der Waals surface area contributed by atoms with E-state index in [4.69, 9.17) is 4.74 Å². The van der Waals surface area contributed by atoms with Crippen LogP contribution in [0.2, 0.25) is 0 Å². The molecular formula is C16H32N2O. The first kappa shape index (κ1) is 15.3. The molecule has 0 aromatic rings. The Morgan fingerprint density at radius 1 is 1.21 bits per heavy atom. The van der Waals surface area contributed by atoms with Crippen molar-refractivity contribution in [3.05, 3.63) is 0 Å². The highest BCUT2D eigenvalue weighted by atomic mass is 16.5. The minimum Gasteiger partial charge on any atom is -0.381 e. The summed E-state index contributed by atoms with van der Waals surface area (Å²) in [4.78, 5) is 2.55. The second-order valence-electron chi connectivity index (χ2n) is 7.07. The van der Waals surface area contributed by atoms with Gasteiger partial charge >= 0.3 is 0 Å². The van der Waals surface area contributed by atoms with Crippen LogP contribution in [0.1, 0.15) is 46.0 Å². The van der Waals surface area contributed by atoms with Crippen LogP contribution < -0.4 is 5.32 Å². The van der Waals surface area contributed by atoms with Crippen molar-refractivity contribution >= 4 is 0 Å². The van der Waals surface area contributed by atoms with Gasteiger partial charge < -0.3 is 15.0 Å². The zero-order valence-corrected chi connectivity index (χ0v) is 13.1. The number of ether oxygens (including phenoxy) is 1. The predicted molar refractivity (Wildman–Crippen MR) is 80.5 cm³/mol. The molecule has 2 fully saturated rings. The molecule has 3 heteroatoms. The van der Waals surface area contributed by atoms with Gasteiger partial charge in [0, 0.05) is 38.9 Å². The first-order chi connectivity index (χ1) is 9.11. The Labute approximate surface area is 119 Å². The van der Waals surface area contributed by atoms with Crippen molar-refractivity contribution in [2.45, 2.75) is 52.0 Å². The minimum atomic E-state index is 0.419. The summed E-state index contributed by atoms with van der Waals surface area (Å²) in [5.74, 6) is 0.844. The van der Waals surface area contributed by atoms with Crippen molar-refractivity contribution in [1.29, 1.82) is 0 Å². The zero-order chi connectivity index (χ0) is 13.7. The van der Waals surface area contributed by atoms with Gasteiger partial charge in [-0.15, -0.1) is 0 Å². The fourth-order valence-electron chi connectivity index (χ4n) is 3.06. The number of nitrogens with one attached hydrogen (secondary N) is 1. The maximum absolute atomic E-state index is 5.45. The van der Waals surface area contributed by atoms with Crippen molar-refractivity contribution in [1.82, 2.24) is 10.2 Å². The van der Waals surface area contributed by atoms with Gasteiger partial charge in [0.15, 0.2) is 0 Å². The summed E-state index contributed by atoms with van der Waals surface area (Å²) in [6.07, 6.45) is 6.52. The lowest BCUT2D eigenvalue weighted by Crippen LogP contribution is -2.43. The van der Waals surface area contributed by atoms with Crippen molar-refractivity contribution in [3.63, 3.8) is 0 Å². The van der Waals surface area contributed by atoms with Crippen molar-refractivity contribution < 1.29 is 4.74 Å². The van der Waals surface area contributed by atoms with Crippen LogP contribution in [0, 0.1) is 11.3 Å². The summed E-state index contributed by atoms with van der Waals surface area (Å²) >= 11 is 0. The molecular weight excluding hydrogens is 236 g/mol. The van der Waals surface area contributed by atoms with Gasteiger partial charge in [-0.05, 0) is 50.5 Å². The summed E-state index contributed by atoms with van der Waals surface area (Å²) < 4.78 is 5.45. The van der Waals surface area contributed by atoms with Gasteiger partial charge in [0.05, 0.1) is 0 Å². The van der Waals surface area contributed by atoms with E-state index in [2.05, 4.69) is 31.1 Å². The third kappa shape index (κ3) is 5.41. The van der Waals surface area contributed by atoms with Gasteiger partial charge in [0.25, 0.3) is 0 Å². The van der Waals surface area contributed by atoms with E-state index >= 15 is 0 Å². The highest BCUT2D eigenvalue weighted by Gasteiger charge is 2.29. The SMILES string of the molecule is CCC(C)(CNC1CC1)CN(C)CC1CCOCC1. The van der Waals surface area contributed by atoms with E-state index in [9.17, 15) is 0 Å². The number of nitrogens with zero attached hydrogens (tertiary/aromatic N) is 1. The monoisotopic (exact) mass is 268 g/mol. The van der Waals surface area contributed by atoms with Gasteiger partial charge in [-0.3, -0.25) is 0 Å². The summed E-state index contributed by atoms with van der Waals surface area (Å²) in [6, 6.07) is 0.826. The number of hydrogen-bond donors (Lipinski definition) is 1. The largest absolute Gasteiger partial charge is 0.381 e. The van der Waals surface area contributed by atoms with Gasteiger partial charge in [-0.2, -0.15) is 0 Å². The van der Waals surface area contributed by atoms with Gasteiger partial charge in [0.2, 0.25) is 0 Å². The molecule has 1 atom stereocenters. The normalized spacial score (nSPS) is 24.6. The van der Waals surface area contributed by atoms with Gasteiger partial charge in [0.1, 0.15) is 0 Å². The maximum atomic E-state index is 5.45. The minimum absolute atomic E-state index is 0.419. The summed E-state index contributed by atoms with van der Waals surface area (Å²) in [5.41, 5.74) is 0.419. The Morgan fingerprint density at radius 3 is 2.47 bits per heavy atom. The highest BCUT2D eigenvalue weighted by Crippen LogP contribution is 2.26. The van der Waals surface area contributed by atoms with E-state index in [1.807, 2.05) is 0 Å². The van der Waals surface area contributed by atoms with Crippen LogP contribution in [-0.4, -0.2) is 50.8 Å². The van der Waals surface area contributed by atoms with E-state index in [0.717, 1.165) is 25.2 Å². The average molecular weight is 268 g/mol. The quantitative estimate of drug-likeness (QED) is 0.732. The van der Waals surface area contributed by atoms with Crippen LogP contribution in [0.5, 0.6) is 0 Å². The van der Waals surface area contributed by atoms with Crippen LogP contribution in [-0.2, 0) is 4.74 Å². The molecule has 1 saturated heterocycles. The van der Waals surface area contributed by atoms with Crippen LogP contribution >= 0.6 is 0 Å². The highest BCUT2D eigenvalue weighted by molar-refractivity contribution is 4.86. The molecule has 2 rings (SSSR count). The molecule has 3 nitrogen and oxygen atoms in total. The fourth-order valence-corrected chi connectivity index (χ4v) is 3.06. The molecule has 2 aliphatic rings. The van der Waals surface area contributed by atoms with Crippen molar-refractivity contribution in [3.8, 4) is 0 Å². The van der Waals surface area contributed by atoms with Crippen molar-refractivity contribution in [2.75, 3.05) is 39.9 Å². The molecule has 0 aromatic carbocycles. The van der Waals surface area contributed by atoms with E-state index < -0.39 is 0 Å². The van der Waals surface area contributed by atoms with Crippen molar-refractivity contribution in [2.24, 2.45) is 11.3 Å². The van der Waals surface area contributed by atoms with E-state index in [0.29, 0.717) is 5.41 Å². The Balaban J connectivity index is 1.71. The third-order valence-corrected chi connectivity index (χ3v) is 4.81. The summed E-state index contributed by atoms with van der Waals surface area (Å²) in [7, 11) is 2.29. The fraction of sp³-hybridized carbons (Fsp3) is 1.00. The molecule has 0 radical (unpaired) electrons. The molecule has 1 unspecified atom stereocenters. The average Bonchev–Trinajstić information content (AvgIpc) is 3.21. The topological polar surface area (TPSA) is 24.5 Å². The Kier molecular flexibility index (Phi) is 5.67. The molecule has 1 aliphatic carbocycles. The Hall–Kier alpha value is -0.120. The molecule has 1 aliphatic heterocycles. The molecule has 0 spiro atoms. The van der Waals surface area contributed by atoms with E-state index in [1.54, 1.807) is 0 Å². The lowest BCUT2D eigenvalue weighted by molar-refractivity contribution is 0.0500. The van der Waals surface area contributed by atoms with Gasteiger partial charge in [-0.1, -0.05) is 13.8 Å². The third-order valence-electron chi connectivity index (χ3n) is 4.81. The lowest BCUT2D eigenvalue weighted by Gasteiger charge is -2.35. The van der Waals surface area contributed by atoms with E-state index in [1.165, 1.54) is 51.7 Å².